The lowest BCUT2D eigenvalue weighted by atomic mass is 10.1. The summed E-state index contributed by atoms with van der Waals surface area (Å²) in [4.78, 5) is 45.5. The first kappa shape index (κ1) is 22.7. The number of aryl methyl sites for hydroxylation is 1. The number of para-hydroxylation sites is 1. The van der Waals surface area contributed by atoms with Crippen molar-refractivity contribution < 1.29 is 24.2 Å². The van der Waals surface area contributed by atoms with Crippen LogP contribution in [-0.4, -0.2) is 27.9 Å². The Morgan fingerprint density at radius 2 is 1.55 bits per heavy atom. The summed E-state index contributed by atoms with van der Waals surface area (Å²) in [6, 6.07) is 15.3. The van der Waals surface area contributed by atoms with Gasteiger partial charge in [-0.25, -0.2) is 10.2 Å². The van der Waals surface area contributed by atoms with Crippen LogP contribution in [0.5, 0.6) is 5.75 Å². The van der Waals surface area contributed by atoms with Crippen molar-refractivity contribution in [3.05, 3.63) is 109 Å². The van der Waals surface area contributed by atoms with Gasteiger partial charge in [0, 0.05) is 29.3 Å². The molecular weight excluding hydrogens is 432 g/mol. The lowest BCUT2D eigenvalue weighted by Crippen LogP contribution is -2.17. The van der Waals surface area contributed by atoms with Gasteiger partial charge >= 0.3 is 11.7 Å². The molecule has 0 fully saturated rings. The maximum absolute atomic E-state index is 12.5. The highest BCUT2D eigenvalue weighted by Gasteiger charge is 2.22. The molecule has 0 atom stereocenters. The van der Waals surface area contributed by atoms with E-state index in [1.54, 1.807) is 12.1 Å². The van der Waals surface area contributed by atoms with Gasteiger partial charge in [-0.3, -0.25) is 25.0 Å². The SMILES string of the molecule is Cc1ccc(C(=O)Oc2c(/C=N/NC(=O)c3ccc([N+](=O)[O-])cc3)cccc2[N+](=O)[O-])cc1. The highest BCUT2D eigenvalue weighted by Crippen LogP contribution is 2.30. The molecule has 33 heavy (non-hydrogen) atoms. The van der Waals surface area contributed by atoms with E-state index in [0.717, 1.165) is 11.8 Å². The topological polar surface area (TPSA) is 154 Å². The number of nitro benzene ring substituents is 2. The van der Waals surface area contributed by atoms with Crippen molar-refractivity contribution in [2.45, 2.75) is 6.92 Å². The molecule has 0 saturated heterocycles. The van der Waals surface area contributed by atoms with Gasteiger partial charge in [0.05, 0.1) is 21.6 Å². The minimum atomic E-state index is -0.797. The summed E-state index contributed by atoms with van der Waals surface area (Å²) < 4.78 is 5.29. The molecular formula is C22H16N4O7. The van der Waals surface area contributed by atoms with Gasteiger partial charge in [-0.15, -0.1) is 0 Å². The second-order valence-electron chi connectivity index (χ2n) is 6.71. The number of rotatable bonds is 7. The number of non-ortho nitro benzene ring substituents is 1. The molecule has 0 saturated carbocycles. The fourth-order valence-corrected chi connectivity index (χ4v) is 2.70. The van der Waals surface area contributed by atoms with E-state index in [1.165, 1.54) is 54.6 Å². The highest BCUT2D eigenvalue weighted by atomic mass is 16.6. The summed E-state index contributed by atoms with van der Waals surface area (Å²) in [5, 5.41) is 25.9. The smallest absolute Gasteiger partial charge is 0.343 e. The van der Waals surface area contributed by atoms with Crippen LogP contribution in [0.4, 0.5) is 11.4 Å². The molecule has 3 rings (SSSR count). The zero-order valence-electron chi connectivity index (χ0n) is 17.1. The number of esters is 1. The Bertz CT molecular complexity index is 1250. The molecule has 0 heterocycles. The molecule has 1 N–H and O–H groups in total. The largest absolute Gasteiger partial charge is 0.415 e. The van der Waals surface area contributed by atoms with Crippen LogP contribution in [0.1, 0.15) is 31.8 Å². The van der Waals surface area contributed by atoms with Crippen LogP contribution in [0.25, 0.3) is 0 Å². The first-order valence-electron chi connectivity index (χ1n) is 9.40. The van der Waals surface area contributed by atoms with Gasteiger partial charge in [-0.05, 0) is 37.3 Å². The molecule has 3 aromatic rings. The second-order valence-corrected chi connectivity index (χ2v) is 6.71. The van der Waals surface area contributed by atoms with E-state index >= 15 is 0 Å². The van der Waals surface area contributed by atoms with Crippen molar-refractivity contribution in [2.24, 2.45) is 5.10 Å². The van der Waals surface area contributed by atoms with Crippen molar-refractivity contribution >= 4 is 29.5 Å². The molecule has 0 aliphatic carbocycles. The van der Waals surface area contributed by atoms with Crippen LogP contribution in [0.3, 0.4) is 0 Å². The molecule has 3 aromatic carbocycles. The normalized spacial score (nSPS) is 10.6. The average molecular weight is 448 g/mol. The van der Waals surface area contributed by atoms with Gasteiger partial charge < -0.3 is 4.74 Å². The second kappa shape index (κ2) is 9.92. The Kier molecular flexibility index (Phi) is 6.84. The number of hydrogen-bond donors (Lipinski definition) is 1. The number of nitro groups is 2. The van der Waals surface area contributed by atoms with Crippen molar-refractivity contribution in [1.82, 2.24) is 5.43 Å². The molecule has 0 aliphatic heterocycles. The predicted molar refractivity (Wildman–Crippen MR) is 117 cm³/mol. The van der Waals surface area contributed by atoms with E-state index in [0.29, 0.717) is 0 Å². The Labute approximate surface area is 186 Å². The van der Waals surface area contributed by atoms with Gasteiger partial charge in [0.25, 0.3) is 11.6 Å². The minimum absolute atomic E-state index is 0.0775. The first-order valence-corrected chi connectivity index (χ1v) is 9.40. The van der Waals surface area contributed by atoms with Crippen molar-refractivity contribution in [2.75, 3.05) is 0 Å². The summed E-state index contributed by atoms with van der Waals surface area (Å²) in [7, 11) is 0. The van der Waals surface area contributed by atoms with Gasteiger partial charge in [-0.1, -0.05) is 23.8 Å². The summed E-state index contributed by atoms with van der Waals surface area (Å²) >= 11 is 0. The Morgan fingerprint density at radius 3 is 2.15 bits per heavy atom. The molecule has 166 valence electrons. The molecule has 11 heteroatoms. The fourth-order valence-electron chi connectivity index (χ4n) is 2.70. The van der Waals surface area contributed by atoms with E-state index in [1.807, 2.05) is 6.92 Å². The quantitative estimate of drug-likeness (QED) is 0.190. The molecule has 0 bridgehead atoms. The number of hydrazone groups is 1. The third-order valence-corrected chi connectivity index (χ3v) is 4.41. The predicted octanol–water partition coefficient (Wildman–Crippen LogP) is 3.79. The molecule has 0 radical (unpaired) electrons. The monoisotopic (exact) mass is 448 g/mol. The van der Waals surface area contributed by atoms with E-state index in [4.69, 9.17) is 4.74 Å². The average Bonchev–Trinajstić information content (AvgIpc) is 2.80. The van der Waals surface area contributed by atoms with E-state index in [2.05, 4.69) is 10.5 Å². The molecule has 0 unspecified atom stereocenters. The van der Waals surface area contributed by atoms with Crippen LogP contribution >= 0.6 is 0 Å². The van der Waals surface area contributed by atoms with E-state index < -0.39 is 27.4 Å². The Hall–Kier alpha value is -4.93. The van der Waals surface area contributed by atoms with Crippen molar-refractivity contribution in [1.29, 1.82) is 0 Å². The third-order valence-electron chi connectivity index (χ3n) is 4.41. The summed E-state index contributed by atoms with van der Waals surface area (Å²) in [6.45, 7) is 1.84. The number of carbonyl (C=O) groups excluding carboxylic acids is 2. The number of benzene rings is 3. The highest BCUT2D eigenvalue weighted by molar-refractivity contribution is 5.96. The number of hydrogen-bond acceptors (Lipinski definition) is 8. The summed E-state index contributed by atoms with van der Waals surface area (Å²) in [5.41, 5.74) is 2.90. The standard InChI is InChI=1S/C22H16N4O7/c1-14-5-7-16(8-6-14)22(28)33-20-17(3-2-4-19(20)26(31)32)13-23-24-21(27)15-9-11-18(12-10-15)25(29)30/h2-13H,1H3,(H,24,27)/b23-13+. The Balaban J connectivity index is 1.81. The maximum atomic E-state index is 12.5. The molecule has 0 aliphatic rings. The van der Waals surface area contributed by atoms with Crippen molar-refractivity contribution in [3.8, 4) is 5.75 Å². The lowest BCUT2D eigenvalue weighted by molar-refractivity contribution is -0.385. The zero-order valence-corrected chi connectivity index (χ0v) is 17.1. The van der Waals surface area contributed by atoms with Crippen LogP contribution in [0, 0.1) is 27.2 Å². The number of nitrogens with zero attached hydrogens (tertiary/aromatic N) is 3. The van der Waals surface area contributed by atoms with Gasteiger partial charge in [0.2, 0.25) is 5.75 Å². The molecule has 0 spiro atoms. The fraction of sp³-hybridized carbons (Fsp3) is 0.0455. The third kappa shape index (κ3) is 5.61. The lowest BCUT2D eigenvalue weighted by Gasteiger charge is -2.08. The molecule has 1 amide bonds. The van der Waals surface area contributed by atoms with Crippen LogP contribution in [-0.2, 0) is 0 Å². The number of ether oxygens (including phenoxy) is 1. The van der Waals surface area contributed by atoms with E-state index in [9.17, 15) is 29.8 Å². The summed E-state index contributed by atoms with van der Waals surface area (Å²) in [6.07, 6.45) is 1.09. The molecule has 0 aromatic heterocycles. The number of carbonyl (C=O) groups is 2. The number of nitrogens with one attached hydrogen (secondary N) is 1. The Morgan fingerprint density at radius 1 is 0.909 bits per heavy atom. The van der Waals surface area contributed by atoms with Crippen LogP contribution in [0.15, 0.2) is 71.8 Å². The zero-order chi connectivity index (χ0) is 24.0. The van der Waals surface area contributed by atoms with E-state index in [-0.39, 0.29) is 28.1 Å². The minimum Gasteiger partial charge on any atom is -0.415 e. The van der Waals surface area contributed by atoms with Gasteiger partial charge in [0.15, 0.2) is 0 Å². The molecule has 11 nitrogen and oxygen atoms in total. The summed E-state index contributed by atoms with van der Waals surface area (Å²) in [5.74, 6) is -1.79. The maximum Gasteiger partial charge on any atom is 0.343 e. The van der Waals surface area contributed by atoms with Gasteiger partial charge in [-0.2, -0.15) is 5.10 Å². The van der Waals surface area contributed by atoms with Crippen LogP contribution < -0.4 is 10.2 Å². The van der Waals surface area contributed by atoms with Crippen LogP contribution in [0.2, 0.25) is 0 Å². The number of amides is 1. The first-order chi connectivity index (χ1) is 15.8. The van der Waals surface area contributed by atoms with Gasteiger partial charge in [0.1, 0.15) is 0 Å². The van der Waals surface area contributed by atoms with Crippen molar-refractivity contribution in [3.63, 3.8) is 0 Å².